The molecule has 0 amide bonds. The van der Waals surface area contributed by atoms with Crippen LogP contribution in [0.25, 0.3) is 10.8 Å². The van der Waals surface area contributed by atoms with Crippen LogP contribution in [0.1, 0.15) is 86.7 Å². The van der Waals surface area contributed by atoms with Crippen LogP contribution in [0, 0.1) is 0 Å². The fourth-order valence-electron chi connectivity index (χ4n) is 8.99. The summed E-state index contributed by atoms with van der Waals surface area (Å²) in [5, 5.41) is 16.8. The third-order valence-electron chi connectivity index (χ3n) is 11.0. The monoisotopic (exact) mass is 553 g/mol. The second-order valence-corrected chi connectivity index (χ2v) is 13.3. The van der Waals surface area contributed by atoms with E-state index in [1.165, 1.54) is 73.8 Å². The van der Waals surface area contributed by atoms with E-state index in [1.807, 2.05) is 12.1 Å². The highest BCUT2D eigenvalue weighted by Crippen LogP contribution is 2.43. The van der Waals surface area contributed by atoms with Crippen molar-refractivity contribution in [3.63, 3.8) is 0 Å². The first kappa shape index (κ1) is 25.8. The number of aromatic hydroxyl groups is 1. The smallest absolute Gasteiger partial charge is 0.316 e. The lowest BCUT2D eigenvalue weighted by molar-refractivity contribution is 0.107. The number of anilines is 1. The van der Waals surface area contributed by atoms with Crippen LogP contribution in [-0.4, -0.2) is 63.8 Å². The second kappa shape index (κ2) is 10.1. The van der Waals surface area contributed by atoms with Crippen LogP contribution in [0.4, 0.5) is 5.69 Å². The number of aryl methyl sites for hydroxylation is 1. The first-order valence-electron chi connectivity index (χ1n) is 16.1. The lowest BCUT2D eigenvalue weighted by Crippen LogP contribution is -2.43. The van der Waals surface area contributed by atoms with Crippen LogP contribution in [-0.2, 0) is 19.4 Å². The van der Waals surface area contributed by atoms with E-state index < -0.39 is 0 Å². The van der Waals surface area contributed by atoms with Crippen molar-refractivity contribution in [3.05, 3.63) is 52.8 Å². The zero-order valence-electron chi connectivity index (χ0n) is 24.4. The molecule has 4 fully saturated rings. The third-order valence-corrected chi connectivity index (χ3v) is 11.0. The summed E-state index contributed by atoms with van der Waals surface area (Å²) < 4.78 is 6.59. The Labute approximate surface area is 243 Å². The molecule has 4 saturated heterocycles. The summed E-state index contributed by atoms with van der Waals surface area (Å²) >= 11 is 0. The Balaban J connectivity index is 1.16. The SMILES string of the molecule is CCc1cccc2cc(O)cc(N3CCc4c(nc(OCC56CCCN5CCC6)nc4C4CC5CCC(C4)N5)C3)c12. The Hall–Kier alpha value is -2.90. The molecule has 7 heteroatoms. The molecular formula is C34H43N5O2. The normalized spacial score (nSPS) is 26.9. The second-order valence-electron chi connectivity index (χ2n) is 13.3. The Morgan fingerprint density at radius 3 is 2.63 bits per heavy atom. The number of aromatic nitrogens is 2. The van der Waals surface area contributed by atoms with Crippen molar-refractivity contribution in [2.45, 2.75) is 101 Å². The number of phenolic OH excluding ortho intramolecular Hbond substituents is 1. The predicted octanol–water partition coefficient (Wildman–Crippen LogP) is 5.47. The molecule has 2 aromatic carbocycles. The molecule has 0 radical (unpaired) electrons. The maximum Gasteiger partial charge on any atom is 0.316 e. The minimum atomic E-state index is 0.177. The van der Waals surface area contributed by atoms with Gasteiger partial charge in [0.2, 0.25) is 0 Å². The Bertz CT molecular complexity index is 1450. The number of phenols is 1. The Morgan fingerprint density at radius 1 is 1.05 bits per heavy atom. The highest BCUT2D eigenvalue weighted by Gasteiger charge is 2.45. The van der Waals surface area contributed by atoms with E-state index in [0.29, 0.717) is 42.9 Å². The van der Waals surface area contributed by atoms with Gasteiger partial charge in [0.15, 0.2) is 0 Å². The molecule has 0 spiro atoms. The molecule has 216 valence electrons. The van der Waals surface area contributed by atoms with E-state index in [0.717, 1.165) is 49.0 Å². The van der Waals surface area contributed by atoms with Crippen LogP contribution in [0.15, 0.2) is 30.3 Å². The average Bonchev–Trinajstić information content (AvgIpc) is 3.68. The van der Waals surface area contributed by atoms with E-state index in [-0.39, 0.29) is 5.54 Å². The fourth-order valence-corrected chi connectivity index (χ4v) is 8.99. The molecule has 8 rings (SSSR count). The van der Waals surface area contributed by atoms with Crippen molar-refractivity contribution in [1.82, 2.24) is 20.2 Å². The molecule has 41 heavy (non-hydrogen) atoms. The largest absolute Gasteiger partial charge is 0.508 e. The maximum atomic E-state index is 10.7. The molecule has 1 aromatic heterocycles. The number of ether oxygens (including phenoxy) is 1. The standard InChI is InChI=1S/C34H43N5O2/c1-2-22-6-3-7-23-18-27(40)19-30(31(22)23)38-15-10-28-29(20-38)36-33(41-21-34-11-4-13-39(34)14-5-12-34)37-32(28)24-16-25-8-9-26(17-24)35-25/h3,6-7,18-19,24-26,35,40H,2,4-5,8-17,20-21H2,1H3. The summed E-state index contributed by atoms with van der Waals surface area (Å²) in [6.07, 6.45) is 11.8. The molecule has 2 bridgehead atoms. The quantitative estimate of drug-likeness (QED) is 0.420. The Kier molecular flexibility index (Phi) is 6.37. The average molecular weight is 554 g/mol. The zero-order chi connectivity index (χ0) is 27.6. The number of piperidine rings is 1. The lowest BCUT2D eigenvalue weighted by atomic mass is 9.85. The summed E-state index contributed by atoms with van der Waals surface area (Å²) in [4.78, 5) is 15.4. The summed E-state index contributed by atoms with van der Waals surface area (Å²) in [5.41, 5.74) is 6.32. The van der Waals surface area contributed by atoms with Crippen molar-refractivity contribution in [3.8, 4) is 11.8 Å². The molecule has 2 N–H and O–H groups in total. The molecular weight excluding hydrogens is 510 g/mol. The van der Waals surface area contributed by atoms with Gasteiger partial charge >= 0.3 is 6.01 Å². The van der Waals surface area contributed by atoms with E-state index in [9.17, 15) is 5.11 Å². The topological polar surface area (TPSA) is 73.8 Å². The molecule has 6 heterocycles. The van der Waals surface area contributed by atoms with Gasteiger partial charge in [-0.25, -0.2) is 0 Å². The van der Waals surface area contributed by atoms with Crippen LogP contribution in [0.2, 0.25) is 0 Å². The highest BCUT2D eigenvalue weighted by atomic mass is 16.5. The first-order valence-corrected chi connectivity index (χ1v) is 16.1. The van der Waals surface area contributed by atoms with Crippen molar-refractivity contribution in [1.29, 1.82) is 0 Å². The van der Waals surface area contributed by atoms with Gasteiger partial charge in [-0.1, -0.05) is 25.1 Å². The van der Waals surface area contributed by atoms with Crippen molar-refractivity contribution in [2.24, 2.45) is 0 Å². The summed E-state index contributed by atoms with van der Waals surface area (Å²) in [7, 11) is 0. The van der Waals surface area contributed by atoms with Gasteiger partial charge in [-0.2, -0.15) is 9.97 Å². The number of fused-ring (bicyclic) bond motifs is 5. The van der Waals surface area contributed by atoms with Gasteiger partial charge in [0, 0.05) is 41.7 Å². The first-order chi connectivity index (χ1) is 20.1. The van der Waals surface area contributed by atoms with Gasteiger partial charge in [0.1, 0.15) is 12.4 Å². The third kappa shape index (κ3) is 4.47. The zero-order valence-corrected chi connectivity index (χ0v) is 24.4. The molecule has 7 nitrogen and oxygen atoms in total. The molecule has 2 unspecified atom stereocenters. The van der Waals surface area contributed by atoms with Crippen LogP contribution < -0.4 is 15.0 Å². The van der Waals surface area contributed by atoms with Gasteiger partial charge in [-0.05, 0) is 99.9 Å². The van der Waals surface area contributed by atoms with Crippen molar-refractivity contribution in [2.75, 3.05) is 31.1 Å². The number of nitrogens with zero attached hydrogens (tertiary/aromatic N) is 4. The maximum absolute atomic E-state index is 10.7. The minimum Gasteiger partial charge on any atom is -0.508 e. The number of hydrogen-bond donors (Lipinski definition) is 2. The molecule has 2 atom stereocenters. The highest BCUT2D eigenvalue weighted by molar-refractivity contribution is 5.98. The summed E-state index contributed by atoms with van der Waals surface area (Å²) in [6.45, 7) is 6.92. The molecule has 0 aliphatic carbocycles. The van der Waals surface area contributed by atoms with Gasteiger partial charge in [0.05, 0.1) is 23.5 Å². The number of nitrogens with one attached hydrogen (secondary N) is 1. The van der Waals surface area contributed by atoms with E-state index in [2.05, 4.69) is 40.2 Å². The van der Waals surface area contributed by atoms with Crippen LogP contribution in [0.3, 0.4) is 0 Å². The number of rotatable bonds is 6. The fraction of sp³-hybridized carbons (Fsp3) is 0.588. The van der Waals surface area contributed by atoms with E-state index >= 15 is 0 Å². The predicted molar refractivity (Wildman–Crippen MR) is 162 cm³/mol. The van der Waals surface area contributed by atoms with Crippen LogP contribution in [0.5, 0.6) is 11.8 Å². The van der Waals surface area contributed by atoms with Crippen LogP contribution >= 0.6 is 0 Å². The summed E-state index contributed by atoms with van der Waals surface area (Å²) in [5.74, 6) is 0.793. The van der Waals surface area contributed by atoms with E-state index in [4.69, 9.17) is 14.7 Å². The molecule has 0 saturated carbocycles. The number of hydrogen-bond acceptors (Lipinski definition) is 7. The van der Waals surface area contributed by atoms with Crippen molar-refractivity contribution >= 4 is 16.5 Å². The lowest BCUT2D eigenvalue weighted by Gasteiger charge is -2.35. The van der Waals surface area contributed by atoms with Gasteiger partial charge in [-0.3, -0.25) is 4.90 Å². The minimum absolute atomic E-state index is 0.177. The van der Waals surface area contributed by atoms with Crippen molar-refractivity contribution < 1.29 is 9.84 Å². The molecule has 5 aliphatic rings. The van der Waals surface area contributed by atoms with Gasteiger partial charge < -0.3 is 20.1 Å². The summed E-state index contributed by atoms with van der Waals surface area (Å²) in [6, 6.07) is 12.1. The molecule has 5 aliphatic heterocycles. The Morgan fingerprint density at radius 2 is 1.85 bits per heavy atom. The van der Waals surface area contributed by atoms with Gasteiger partial charge in [0.25, 0.3) is 0 Å². The number of benzene rings is 2. The van der Waals surface area contributed by atoms with E-state index in [1.54, 1.807) is 0 Å². The van der Waals surface area contributed by atoms with Gasteiger partial charge in [-0.15, -0.1) is 0 Å². The molecule has 3 aromatic rings.